The molecule has 0 bridgehead atoms. The fourth-order valence-electron chi connectivity index (χ4n) is 4.04. The molecule has 2 aromatic rings. The summed E-state index contributed by atoms with van der Waals surface area (Å²) in [6, 6.07) is 6.02. The summed E-state index contributed by atoms with van der Waals surface area (Å²) in [6.07, 6.45) is 3.64. The first kappa shape index (κ1) is 40.6. The lowest BCUT2D eigenvalue weighted by molar-refractivity contribution is -0.197. The van der Waals surface area contributed by atoms with E-state index < -0.39 is 29.7 Å². The first-order valence-electron chi connectivity index (χ1n) is 15.8. The molecule has 2 N–H and O–H groups in total. The number of aromatic nitrogens is 4. The van der Waals surface area contributed by atoms with Gasteiger partial charge < -0.3 is 15.5 Å². The molecule has 1 unspecified atom stereocenters. The van der Waals surface area contributed by atoms with E-state index in [1.165, 1.54) is 17.8 Å². The van der Waals surface area contributed by atoms with Crippen LogP contribution in [0.5, 0.6) is 0 Å². The van der Waals surface area contributed by atoms with Crippen molar-refractivity contribution in [2.45, 2.75) is 84.6 Å². The predicted molar refractivity (Wildman–Crippen MR) is 186 cm³/mol. The third kappa shape index (κ3) is 16.5. The summed E-state index contributed by atoms with van der Waals surface area (Å²) in [4.78, 5) is 78.3. The first-order valence-corrected chi connectivity index (χ1v) is 19.3. The maximum absolute atomic E-state index is 12.8. The number of benzene rings is 1. The van der Waals surface area contributed by atoms with E-state index >= 15 is 0 Å². The molecule has 1 fully saturated rings. The van der Waals surface area contributed by atoms with Crippen LogP contribution in [0.15, 0.2) is 30.6 Å². The summed E-state index contributed by atoms with van der Waals surface area (Å²) < 4.78 is 0. The maximum Gasteiger partial charge on any atom is 0.335 e. The Balaban J connectivity index is 0.00000122. The first-order chi connectivity index (χ1) is 23.2. The molecule has 2 heterocycles. The number of thioether (sulfide) groups is 1. The zero-order valence-electron chi connectivity index (χ0n) is 27.5. The number of carbonyl (C=O) groups is 6. The SMILES string of the molecule is CCCCCNC(=O)CCC(=O)SCC(CC(=O)ON1C(=O)CCC1=O)NC(=O)Cc1ccc(-c2nncnn2)cc1.CCSSCC. The fourth-order valence-corrected chi connectivity index (χ4v) is 6.21. The van der Waals surface area contributed by atoms with Crippen molar-refractivity contribution in [3.8, 4) is 11.4 Å². The van der Waals surface area contributed by atoms with Gasteiger partial charge in [-0.1, -0.05) is 91.2 Å². The van der Waals surface area contributed by atoms with Crippen LogP contribution < -0.4 is 10.6 Å². The quantitative estimate of drug-likeness (QED) is 0.121. The molecular weight excluding hydrogens is 679 g/mol. The third-order valence-corrected chi connectivity index (χ3v) is 10.0. The van der Waals surface area contributed by atoms with Crippen LogP contribution in [0.3, 0.4) is 0 Å². The van der Waals surface area contributed by atoms with Gasteiger partial charge in [-0.15, -0.1) is 25.5 Å². The molecular formula is C31H43N7O7S3. The van der Waals surface area contributed by atoms with Gasteiger partial charge in [-0.3, -0.25) is 24.0 Å². The minimum Gasteiger partial charge on any atom is -0.356 e. The Hall–Kier alpha value is -3.57. The molecule has 14 nitrogen and oxygen atoms in total. The Morgan fingerprint density at radius 2 is 1.54 bits per heavy atom. The number of hydrogen-bond acceptors (Lipinski definition) is 14. The van der Waals surface area contributed by atoms with Gasteiger partial charge in [0.2, 0.25) is 17.6 Å². The number of unbranched alkanes of at least 4 members (excludes halogenated alkanes) is 2. The molecule has 0 radical (unpaired) electrons. The van der Waals surface area contributed by atoms with Crippen molar-refractivity contribution in [2.24, 2.45) is 0 Å². The molecule has 0 aliphatic carbocycles. The number of imide groups is 1. The summed E-state index contributed by atoms with van der Waals surface area (Å²) in [7, 11) is 3.85. The van der Waals surface area contributed by atoms with Gasteiger partial charge in [-0.25, -0.2) is 4.79 Å². The summed E-state index contributed by atoms with van der Waals surface area (Å²) >= 11 is 0.878. The monoisotopic (exact) mass is 721 g/mol. The van der Waals surface area contributed by atoms with Gasteiger partial charge in [0.25, 0.3) is 11.8 Å². The summed E-state index contributed by atoms with van der Waals surface area (Å²) in [5.41, 5.74) is 1.33. The molecule has 0 saturated carbocycles. The Morgan fingerprint density at radius 1 is 0.896 bits per heavy atom. The second-order valence-electron chi connectivity index (χ2n) is 10.3. The highest BCUT2D eigenvalue weighted by Gasteiger charge is 2.33. The third-order valence-electron chi connectivity index (χ3n) is 6.39. The molecule has 1 aliphatic heterocycles. The molecule has 262 valence electrons. The number of hydrogen-bond donors (Lipinski definition) is 2. The average Bonchev–Trinajstić information content (AvgIpc) is 3.40. The maximum atomic E-state index is 12.8. The van der Waals surface area contributed by atoms with E-state index in [0.29, 0.717) is 28.6 Å². The molecule has 0 spiro atoms. The van der Waals surface area contributed by atoms with Gasteiger partial charge in [-0.05, 0) is 12.0 Å². The lowest BCUT2D eigenvalue weighted by Crippen LogP contribution is -2.41. The van der Waals surface area contributed by atoms with Gasteiger partial charge in [0.05, 0.1) is 12.8 Å². The van der Waals surface area contributed by atoms with Crippen LogP contribution in [0, 0.1) is 0 Å². The smallest absolute Gasteiger partial charge is 0.335 e. The van der Waals surface area contributed by atoms with E-state index in [1.54, 1.807) is 24.3 Å². The number of amides is 4. The Kier molecular flexibility index (Phi) is 20.1. The molecule has 1 aromatic carbocycles. The highest BCUT2D eigenvalue weighted by molar-refractivity contribution is 8.76. The lowest BCUT2D eigenvalue weighted by Gasteiger charge is -2.19. The zero-order chi connectivity index (χ0) is 35.1. The number of nitrogens with one attached hydrogen (secondary N) is 2. The molecule has 1 atom stereocenters. The fraction of sp³-hybridized carbons (Fsp3) is 0.548. The standard InChI is InChI=1S/C27H33N7O7S.C4H10S2/c1-2-3-4-13-28-21(35)9-12-26(40)42-16-20(15-25(39)41-34-23(37)10-11-24(34)38)31-22(36)14-18-5-7-19(8-6-18)27-32-29-17-30-33-27;1-3-5-6-4-2/h5-8,17,20H,2-4,9-16H2,1H3,(H,28,35)(H,31,36);3-4H2,1-2H3. The van der Waals surface area contributed by atoms with Crippen molar-refractivity contribution in [1.29, 1.82) is 0 Å². The van der Waals surface area contributed by atoms with Crippen molar-refractivity contribution in [3.05, 3.63) is 36.2 Å². The van der Waals surface area contributed by atoms with Crippen molar-refractivity contribution in [2.75, 3.05) is 23.8 Å². The van der Waals surface area contributed by atoms with Crippen LogP contribution in [-0.4, -0.2) is 90.0 Å². The van der Waals surface area contributed by atoms with Gasteiger partial charge >= 0.3 is 5.97 Å². The van der Waals surface area contributed by atoms with E-state index in [1.807, 2.05) is 21.6 Å². The molecule has 17 heteroatoms. The van der Waals surface area contributed by atoms with Gasteiger partial charge in [-0.2, -0.15) is 0 Å². The number of rotatable bonds is 19. The average molecular weight is 722 g/mol. The van der Waals surface area contributed by atoms with Crippen LogP contribution in [0.25, 0.3) is 11.4 Å². The van der Waals surface area contributed by atoms with Crippen LogP contribution >= 0.6 is 33.3 Å². The van der Waals surface area contributed by atoms with Gasteiger partial charge in [0, 0.05) is 61.1 Å². The van der Waals surface area contributed by atoms with Crippen molar-refractivity contribution < 1.29 is 33.6 Å². The normalized spacial score (nSPS) is 12.9. The Labute approximate surface area is 292 Å². The molecule has 1 aromatic heterocycles. The van der Waals surface area contributed by atoms with Crippen molar-refractivity contribution in [3.63, 3.8) is 0 Å². The van der Waals surface area contributed by atoms with E-state index in [2.05, 4.69) is 51.8 Å². The van der Waals surface area contributed by atoms with E-state index in [0.717, 1.165) is 31.0 Å². The van der Waals surface area contributed by atoms with E-state index in [9.17, 15) is 28.8 Å². The minimum atomic E-state index is -0.905. The van der Waals surface area contributed by atoms with E-state index in [-0.39, 0.29) is 55.3 Å². The molecule has 3 rings (SSSR count). The van der Waals surface area contributed by atoms with Crippen molar-refractivity contribution in [1.82, 2.24) is 36.1 Å². The predicted octanol–water partition coefficient (Wildman–Crippen LogP) is 3.71. The highest BCUT2D eigenvalue weighted by Crippen LogP contribution is 2.19. The van der Waals surface area contributed by atoms with Crippen LogP contribution in [0.2, 0.25) is 0 Å². The Bertz CT molecular complexity index is 1320. The second kappa shape index (κ2) is 23.7. The van der Waals surface area contributed by atoms with Gasteiger partial charge in [0.15, 0.2) is 11.4 Å². The Morgan fingerprint density at radius 3 is 2.15 bits per heavy atom. The number of nitrogens with zero attached hydrogens (tertiary/aromatic N) is 5. The molecule has 48 heavy (non-hydrogen) atoms. The van der Waals surface area contributed by atoms with Crippen molar-refractivity contribution >= 4 is 68.1 Å². The van der Waals surface area contributed by atoms with Crippen LogP contribution in [-0.2, 0) is 40.0 Å². The highest BCUT2D eigenvalue weighted by atomic mass is 33.1. The van der Waals surface area contributed by atoms with Gasteiger partial charge in [0.1, 0.15) is 0 Å². The molecule has 1 saturated heterocycles. The molecule has 1 aliphatic rings. The number of hydroxylamine groups is 2. The largest absolute Gasteiger partial charge is 0.356 e. The summed E-state index contributed by atoms with van der Waals surface area (Å²) in [5, 5.41) is 20.8. The van der Waals surface area contributed by atoms with Crippen LogP contribution in [0.4, 0.5) is 0 Å². The topological polar surface area (TPSA) is 191 Å². The summed E-state index contributed by atoms with van der Waals surface area (Å²) in [6.45, 7) is 6.97. The second-order valence-corrected chi connectivity index (χ2v) is 14.4. The molecule has 4 amide bonds. The number of carbonyl (C=O) groups excluding carboxylic acids is 6. The minimum absolute atomic E-state index is 0.00527. The summed E-state index contributed by atoms with van der Waals surface area (Å²) in [5.74, 6) is 0.0276. The van der Waals surface area contributed by atoms with E-state index in [4.69, 9.17) is 4.84 Å². The lowest BCUT2D eigenvalue weighted by atomic mass is 10.1. The zero-order valence-corrected chi connectivity index (χ0v) is 29.9. The van der Waals surface area contributed by atoms with Crippen LogP contribution in [0.1, 0.15) is 77.7 Å².